The average molecular weight is 377 g/mol. The van der Waals surface area contributed by atoms with Crippen LogP contribution in [0.25, 0.3) is 0 Å². The van der Waals surface area contributed by atoms with E-state index >= 15 is 0 Å². The second-order valence-electron chi connectivity index (χ2n) is 5.75. The third kappa shape index (κ3) is 4.40. The molecule has 1 aromatic rings. The molecule has 1 aliphatic rings. The molecule has 1 aromatic carbocycles. The molecule has 0 bridgehead atoms. The zero-order valence-corrected chi connectivity index (χ0v) is 15.7. The summed E-state index contributed by atoms with van der Waals surface area (Å²) in [7, 11) is 5.52. The first-order valence-electron chi connectivity index (χ1n) is 8.18. The highest BCUT2D eigenvalue weighted by Crippen LogP contribution is 2.40. The standard InChI is InChI=1S/C19H23NO7/c1-24-8-7-20-10-13(18(22)26-3)17(14(11-20)19(23)27-4)12-5-6-15(21)16(9-12)25-2/h5-6,9-11,17,21H,7-8H2,1-4H3. The van der Waals surface area contributed by atoms with E-state index in [4.69, 9.17) is 18.9 Å². The van der Waals surface area contributed by atoms with E-state index in [2.05, 4.69) is 0 Å². The van der Waals surface area contributed by atoms with E-state index in [9.17, 15) is 14.7 Å². The van der Waals surface area contributed by atoms with Crippen LogP contribution in [0.2, 0.25) is 0 Å². The summed E-state index contributed by atoms with van der Waals surface area (Å²) in [5.74, 6) is -1.72. The molecule has 27 heavy (non-hydrogen) atoms. The number of carbonyl (C=O) groups is 2. The number of nitrogens with zero attached hydrogens (tertiary/aromatic N) is 1. The molecule has 8 nitrogen and oxygen atoms in total. The molecule has 0 fully saturated rings. The van der Waals surface area contributed by atoms with Crippen molar-refractivity contribution < 1.29 is 33.6 Å². The first-order valence-corrected chi connectivity index (χ1v) is 8.18. The van der Waals surface area contributed by atoms with Gasteiger partial charge in [0, 0.05) is 26.1 Å². The summed E-state index contributed by atoms with van der Waals surface area (Å²) in [5.41, 5.74) is 1.08. The number of carbonyl (C=O) groups excluding carboxylic acids is 2. The van der Waals surface area contributed by atoms with Crippen LogP contribution < -0.4 is 4.74 Å². The fraction of sp³-hybridized carbons (Fsp3) is 0.368. The molecule has 2 rings (SSSR count). The number of methoxy groups -OCH3 is 4. The lowest BCUT2D eigenvalue weighted by atomic mass is 9.83. The molecule has 0 unspecified atom stereocenters. The van der Waals surface area contributed by atoms with Crippen molar-refractivity contribution in [3.05, 3.63) is 47.3 Å². The van der Waals surface area contributed by atoms with Crippen LogP contribution in [-0.2, 0) is 23.8 Å². The minimum atomic E-state index is -0.738. The summed E-state index contributed by atoms with van der Waals surface area (Å²) in [5, 5.41) is 9.86. The van der Waals surface area contributed by atoms with Crippen LogP contribution in [-0.4, -0.2) is 63.5 Å². The summed E-state index contributed by atoms with van der Waals surface area (Å²) < 4.78 is 20.0. The fourth-order valence-electron chi connectivity index (χ4n) is 2.85. The minimum absolute atomic E-state index is 0.0500. The number of hydrogen-bond donors (Lipinski definition) is 1. The van der Waals surface area contributed by atoms with Crippen LogP contribution in [0.3, 0.4) is 0 Å². The van der Waals surface area contributed by atoms with Gasteiger partial charge in [0.2, 0.25) is 0 Å². The largest absolute Gasteiger partial charge is 0.504 e. The zero-order valence-electron chi connectivity index (χ0n) is 15.7. The van der Waals surface area contributed by atoms with E-state index in [1.165, 1.54) is 27.4 Å². The summed E-state index contributed by atoms with van der Waals surface area (Å²) in [6, 6.07) is 4.62. The summed E-state index contributed by atoms with van der Waals surface area (Å²) in [6.45, 7) is 0.830. The third-order valence-electron chi connectivity index (χ3n) is 4.16. The second kappa shape index (κ2) is 9.09. The van der Waals surface area contributed by atoms with Crippen molar-refractivity contribution in [3.8, 4) is 11.5 Å². The number of ether oxygens (including phenoxy) is 4. The van der Waals surface area contributed by atoms with E-state index < -0.39 is 17.9 Å². The van der Waals surface area contributed by atoms with Crippen LogP contribution in [0.1, 0.15) is 11.5 Å². The molecular formula is C19H23NO7. The molecule has 1 N–H and O–H groups in total. The molecule has 8 heteroatoms. The summed E-state index contributed by atoms with van der Waals surface area (Å²) >= 11 is 0. The fourth-order valence-corrected chi connectivity index (χ4v) is 2.85. The predicted molar refractivity (Wildman–Crippen MR) is 96.2 cm³/mol. The maximum atomic E-state index is 12.4. The number of esters is 2. The Morgan fingerprint density at radius 1 is 1.04 bits per heavy atom. The van der Waals surface area contributed by atoms with Gasteiger partial charge >= 0.3 is 11.9 Å². The maximum Gasteiger partial charge on any atom is 0.336 e. The van der Waals surface area contributed by atoms with Crippen molar-refractivity contribution in [2.24, 2.45) is 0 Å². The second-order valence-corrected chi connectivity index (χ2v) is 5.75. The molecule has 1 aliphatic heterocycles. The summed E-state index contributed by atoms with van der Waals surface area (Å²) in [4.78, 5) is 26.6. The van der Waals surface area contributed by atoms with E-state index in [-0.39, 0.29) is 22.6 Å². The monoisotopic (exact) mass is 377 g/mol. The van der Waals surface area contributed by atoms with Gasteiger partial charge in [-0.25, -0.2) is 9.59 Å². The topological polar surface area (TPSA) is 94.5 Å². The van der Waals surface area contributed by atoms with Crippen LogP contribution in [0.5, 0.6) is 11.5 Å². The first kappa shape index (κ1) is 20.3. The van der Waals surface area contributed by atoms with Gasteiger partial charge in [-0.1, -0.05) is 6.07 Å². The van der Waals surface area contributed by atoms with Gasteiger partial charge in [0.25, 0.3) is 0 Å². The molecule has 0 amide bonds. The number of phenols is 1. The van der Waals surface area contributed by atoms with Gasteiger partial charge in [0.05, 0.1) is 45.0 Å². The number of hydrogen-bond acceptors (Lipinski definition) is 8. The Kier molecular flexibility index (Phi) is 6.84. The Hall–Kier alpha value is -3.00. The highest BCUT2D eigenvalue weighted by atomic mass is 16.5. The third-order valence-corrected chi connectivity index (χ3v) is 4.16. The predicted octanol–water partition coefficient (Wildman–Crippen LogP) is 1.56. The highest BCUT2D eigenvalue weighted by Gasteiger charge is 2.35. The van der Waals surface area contributed by atoms with E-state index in [1.54, 1.807) is 36.5 Å². The SMILES string of the molecule is COCCN1C=C(C(=O)OC)C(c2ccc(O)c(OC)c2)C(C(=O)OC)=C1. The maximum absolute atomic E-state index is 12.4. The van der Waals surface area contributed by atoms with E-state index in [0.29, 0.717) is 18.7 Å². The molecule has 0 atom stereocenters. The Labute approximate surface area is 157 Å². The normalized spacial score (nSPS) is 14.3. The van der Waals surface area contributed by atoms with Crippen molar-refractivity contribution in [2.45, 2.75) is 5.92 Å². The number of rotatable bonds is 7. The lowest BCUT2D eigenvalue weighted by molar-refractivity contribution is -0.137. The molecule has 0 saturated heterocycles. The quantitative estimate of drug-likeness (QED) is 0.716. The Morgan fingerprint density at radius 2 is 1.63 bits per heavy atom. The molecule has 0 radical (unpaired) electrons. The van der Waals surface area contributed by atoms with Gasteiger partial charge in [-0.2, -0.15) is 0 Å². The van der Waals surface area contributed by atoms with Crippen LogP contribution in [0.4, 0.5) is 0 Å². The zero-order chi connectivity index (χ0) is 20.0. The van der Waals surface area contributed by atoms with Crippen molar-refractivity contribution in [1.82, 2.24) is 4.90 Å². The smallest absolute Gasteiger partial charge is 0.336 e. The van der Waals surface area contributed by atoms with Crippen molar-refractivity contribution >= 4 is 11.9 Å². The molecule has 0 aromatic heterocycles. The molecule has 0 spiro atoms. The first-order chi connectivity index (χ1) is 13.0. The van der Waals surface area contributed by atoms with Gasteiger partial charge in [-0.3, -0.25) is 0 Å². The minimum Gasteiger partial charge on any atom is -0.504 e. The van der Waals surface area contributed by atoms with Crippen molar-refractivity contribution in [3.63, 3.8) is 0 Å². The number of benzene rings is 1. The molecule has 0 saturated carbocycles. The van der Waals surface area contributed by atoms with Gasteiger partial charge in [0.1, 0.15) is 0 Å². The van der Waals surface area contributed by atoms with Gasteiger partial charge < -0.3 is 29.0 Å². The van der Waals surface area contributed by atoms with Crippen LogP contribution in [0, 0.1) is 0 Å². The van der Waals surface area contributed by atoms with Gasteiger partial charge in [-0.15, -0.1) is 0 Å². The van der Waals surface area contributed by atoms with Crippen molar-refractivity contribution in [1.29, 1.82) is 0 Å². The van der Waals surface area contributed by atoms with E-state index in [0.717, 1.165) is 0 Å². The summed E-state index contributed by atoms with van der Waals surface area (Å²) in [6.07, 6.45) is 3.22. The Balaban J connectivity index is 2.59. The average Bonchev–Trinajstić information content (AvgIpc) is 2.70. The molecule has 1 heterocycles. The Bertz CT molecular complexity index is 735. The highest BCUT2D eigenvalue weighted by molar-refractivity contribution is 5.98. The molecular weight excluding hydrogens is 354 g/mol. The lowest BCUT2D eigenvalue weighted by Gasteiger charge is -2.30. The van der Waals surface area contributed by atoms with Crippen LogP contribution >= 0.6 is 0 Å². The van der Waals surface area contributed by atoms with Crippen LogP contribution in [0.15, 0.2) is 41.7 Å². The lowest BCUT2D eigenvalue weighted by Crippen LogP contribution is -2.30. The molecule has 0 aliphatic carbocycles. The van der Waals surface area contributed by atoms with Gasteiger partial charge in [0.15, 0.2) is 11.5 Å². The number of phenolic OH excluding ortho intramolecular Hbond substituents is 1. The van der Waals surface area contributed by atoms with Crippen molar-refractivity contribution in [2.75, 3.05) is 41.6 Å². The molecule has 146 valence electrons. The number of aromatic hydroxyl groups is 1. The van der Waals surface area contributed by atoms with E-state index in [1.807, 2.05) is 0 Å². The van der Waals surface area contributed by atoms with Gasteiger partial charge in [-0.05, 0) is 17.7 Å². The Morgan fingerprint density at radius 3 is 2.11 bits per heavy atom.